The van der Waals surface area contributed by atoms with Crippen LogP contribution in [-0.2, 0) is 11.2 Å². The highest BCUT2D eigenvalue weighted by atomic mass is 19.2. The lowest BCUT2D eigenvalue weighted by molar-refractivity contribution is -0.121. The predicted molar refractivity (Wildman–Crippen MR) is 100 cm³/mol. The average molecular weight is 389 g/mol. The molecule has 1 heterocycles. The second-order valence-corrected chi connectivity index (χ2v) is 6.41. The molecule has 8 heteroatoms. The summed E-state index contributed by atoms with van der Waals surface area (Å²) in [4.78, 5) is 27.3. The summed E-state index contributed by atoms with van der Waals surface area (Å²) in [6.45, 7) is 0.986. The van der Waals surface area contributed by atoms with Gasteiger partial charge in [-0.2, -0.15) is 0 Å². The van der Waals surface area contributed by atoms with Crippen LogP contribution in [0.3, 0.4) is 0 Å². The Hall–Kier alpha value is -3.16. The molecule has 0 saturated carbocycles. The Balaban J connectivity index is 1.49. The van der Waals surface area contributed by atoms with E-state index in [-0.39, 0.29) is 18.1 Å². The van der Waals surface area contributed by atoms with Gasteiger partial charge in [-0.05, 0) is 36.2 Å². The van der Waals surface area contributed by atoms with Crippen molar-refractivity contribution in [2.45, 2.75) is 6.42 Å². The van der Waals surface area contributed by atoms with Crippen molar-refractivity contribution in [1.29, 1.82) is 0 Å². The largest absolute Gasteiger partial charge is 0.497 e. The molecule has 0 spiro atoms. The Bertz CT molecular complexity index is 876. The van der Waals surface area contributed by atoms with Crippen molar-refractivity contribution in [3.05, 3.63) is 59.7 Å². The maximum Gasteiger partial charge on any atom is 0.325 e. The number of urea groups is 1. The number of amides is 3. The van der Waals surface area contributed by atoms with Crippen LogP contribution in [0.5, 0.6) is 5.75 Å². The number of methoxy groups -OCH3 is 1. The molecule has 0 bridgehead atoms. The van der Waals surface area contributed by atoms with Crippen LogP contribution in [0.25, 0.3) is 0 Å². The molecule has 3 rings (SSSR count). The lowest BCUT2D eigenvalue weighted by Crippen LogP contribution is -2.40. The number of rotatable bonds is 7. The summed E-state index contributed by atoms with van der Waals surface area (Å²) >= 11 is 0. The van der Waals surface area contributed by atoms with Crippen LogP contribution < -0.4 is 15.0 Å². The second-order valence-electron chi connectivity index (χ2n) is 6.41. The van der Waals surface area contributed by atoms with Gasteiger partial charge in [-0.25, -0.2) is 13.6 Å². The van der Waals surface area contributed by atoms with E-state index in [1.165, 1.54) is 15.9 Å². The van der Waals surface area contributed by atoms with Crippen LogP contribution in [0.2, 0.25) is 0 Å². The van der Waals surface area contributed by atoms with Gasteiger partial charge in [0.2, 0.25) is 5.91 Å². The van der Waals surface area contributed by atoms with E-state index in [4.69, 9.17) is 4.74 Å². The fourth-order valence-corrected chi connectivity index (χ4v) is 3.03. The minimum atomic E-state index is -1.01. The summed E-state index contributed by atoms with van der Waals surface area (Å²) in [6, 6.07) is 10.5. The van der Waals surface area contributed by atoms with Gasteiger partial charge in [-0.15, -0.1) is 0 Å². The number of halogens is 2. The molecule has 148 valence electrons. The Morgan fingerprint density at radius 2 is 1.96 bits per heavy atom. The molecule has 0 atom stereocenters. The first-order chi connectivity index (χ1) is 13.5. The number of benzene rings is 2. The van der Waals surface area contributed by atoms with E-state index in [0.29, 0.717) is 26.1 Å². The van der Waals surface area contributed by atoms with E-state index < -0.39 is 17.7 Å². The molecule has 6 nitrogen and oxygen atoms in total. The summed E-state index contributed by atoms with van der Waals surface area (Å²) in [6.07, 6.45) is 0.637. The van der Waals surface area contributed by atoms with Gasteiger partial charge < -0.3 is 15.0 Å². The maximum atomic E-state index is 13.4. The first kappa shape index (κ1) is 19.6. The summed E-state index contributed by atoms with van der Waals surface area (Å²) in [7, 11) is 1.59. The van der Waals surface area contributed by atoms with Gasteiger partial charge in [0.25, 0.3) is 0 Å². The summed E-state index contributed by atoms with van der Waals surface area (Å²) in [5, 5.41) is 2.79. The van der Waals surface area contributed by atoms with Gasteiger partial charge in [0.1, 0.15) is 12.3 Å². The Kier molecular flexibility index (Phi) is 6.08. The molecule has 2 aromatic rings. The van der Waals surface area contributed by atoms with Crippen molar-refractivity contribution in [1.82, 2.24) is 10.2 Å². The number of carbonyl (C=O) groups is 2. The molecule has 28 heavy (non-hydrogen) atoms. The Morgan fingerprint density at radius 1 is 1.14 bits per heavy atom. The molecule has 3 amide bonds. The molecule has 0 aliphatic carbocycles. The minimum absolute atomic E-state index is 0.0862. The summed E-state index contributed by atoms with van der Waals surface area (Å²) in [5.41, 5.74) is 1.30. The van der Waals surface area contributed by atoms with Crippen molar-refractivity contribution in [3.8, 4) is 5.75 Å². The molecule has 2 aromatic carbocycles. The summed E-state index contributed by atoms with van der Waals surface area (Å²) in [5.74, 6) is -1.51. The van der Waals surface area contributed by atoms with E-state index in [9.17, 15) is 18.4 Å². The molecule has 1 fully saturated rings. The van der Waals surface area contributed by atoms with E-state index in [2.05, 4.69) is 5.32 Å². The second kappa shape index (κ2) is 8.69. The summed E-state index contributed by atoms with van der Waals surface area (Å²) < 4.78 is 31.6. The monoisotopic (exact) mass is 389 g/mol. The molecule has 1 aliphatic rings. The van der Waals surface area contributed by atoms with Gasteiger partial charge in [-0.1, -0.05) is 12.1 Å². The smallest absolute Gasteiger partial charge is 0.325 e. The van der Waals surface area contributed by atoms with Crippen LogP contribution in [0.15, 0.2) is 42.5 Å². The van der Waals surface area contributed by atoms with Crippen LogP contribution in [0.4, 0.5) is 19.3 Å². The SMILES string of the molecule is COc1cccc(CCNC(=O)CN2CCN(c3ccc(F)c(F)c3)C2=O)c1. The van der Waals surface area contributed by atoms with Crippen LogP contribution in [0.1, 0.15) is 5.56 Å². The molecule has 0 unspecified atom stereocenters. The number of ether oxygens (including phenoxy) is 1. The van der Waals surface area contributed by atoms with Crippen molar-refractivity contribution in [2.75, 3.05) is 38.2 Å². The molecule has 0 radical (unpaired) electrons. The highest BCUT2D eigenvalue weighted by molar-refractivity contribution is 5.96. The molecule has 0 aromatic heterocycles. The number of nitrogens with one attached hydrogen (secondary N) is 1. The van der Waals surface area contributed by atoms with E-state index >= 15 is 0 Å². The zero-order valence-electron chi connectivity index (χ0n) is 15.5. The Labute approximate surface area is 161 Å². The van der Waals surface area contributed by atoms with Gasteiger partial charge in [0, 0.05) is 31.4 Å². The Morgan fingerprint density at radius 3 is 2.71 bits per heavy atom. The maximum absolute atomic E-state index is 13.4. The van der Waals surface area contributed by atoms with E-state index in [0.717, 1.165) is 23.4 Å². The third-order valence-electron chi connectivity index (χ3n) is 4.51. The third-order valence-corrected chi connectivity index (χ3v) is 4.51. The minimum Gasteiger partial charge on any atom is -0.497 e. The fraction of sp³-hybridized carbons (Fsp3) is 0.300. The molecular formula is C20H21F2N3O3. The molecule has 1 aliphatic heterocycles. The third kappa shape index (κ3) is 4.57. The fourth-order valence-electron chi connectivity index (χ4n) is 3.03. The highest BCUT2D eigenvalue weighted by Gasteiger charge is 2.31. The number of carbonyl (C=O) groups excluding carboxylic acids is 2. The van der Waals surface area contributed by atoms with E-state index in [1.807, 2.05) is 24.3 Å². The zero-order chi connectivity index (χ0) is 20.1. The van der Waals surface area contributed by atoms with Gasteiger partial charge in [0.05, 0.1) is 7.11 Å². The van der Waals surface area contributed by atoms with Gasteiger partial charge in [-0.3, -0.25) is 9.69 Å². The number of hydrogen-bond acceptors (Lipinski definition) is 3. The van der Waals surface area contributed by atoms with Crippen LogP contribution in [0, 0.1) is 11.6 Å². The lowest BCUT2D eigenvalue weighted by atomic mass is 10.1. The molecular weight excluding hydrogens is 368 g/mol. The average Bonchev–Trinajstić information content (AvgIpc) is 3.04. The van der Waals surface area contributed by atoms with Crippen molar-refractivity contribution < 1.29 is 23.1 Å². The normalized spacial score (nSPS) is 13.8. The quantitative estimate of drug-likeness (QED) is 0.792. The first-order valence-corrected chi connectivity index (χ1v) is 8.89. The topological polar surface area (TPSA) is 61.9 Å². The highest BCUT2D eigenvalue weighted by Crippen LogP contribution is 2.22. The molecule has 1 saturated heterocycles. The zero-order valence-corrected chi connectivity index (χ0v) is 15.5. The predicted octanol–water partition coefficient (Wildman–Crippen LogP) is 2.57. The van der Waals surface area contributed by atoms with Crippen molar-refractivity contribution >= 4 is 17.6 Å². The van der Waals surface area contributed by atoms with E-state index in [1.54, 1.807) is 7.11 Å². The number of nitrogens with zero attached hydrogens (tertiary/aromatic N) is 2. The molecule has 1 N–H and O–H groups in total. The van der Waals surface area contributed by atoms with Gasteiger partial charge >= 0.3 is 6.03 Å². The number of anilines is 1. The standard InChI is InChI=1S/C20H21F2N3O3/c1-28-16-4-2-3-14(11-16)7-8-23-19(26)13-24-9-10-25(20(24)27)15-5-6-17(21)18(22)12-15/h2-6,11-12H,7-10,13H2,1H3,(H,23,26). The van der Waals surface area contributed by atoms with Gasteiger partial charge in [0.15, 0.2) is 11.6 Å². The lowest BCUT2D eigenvalue weighted by Gasteiger charge is -2.18. The van der Waals surface area contributed by atoms with Crippen LogP contribution >= 0.6 is 0 Å². The first-order valence-electron chi connectivity index (χ1n) is 8.89. The van der Waals surface area contributed by atoms with Crippen molar-refractivity contribution in [3.63, 3.8) is 0 Å². The number of hydrogen-bond donors (Lipinski definition) is 1. The van der Waals surface area contributed by atoms with Crippen LogP contribution in [-0.4, -0.2) is 50.1 Å². The van der Waals surface area contributed by atoms with Crippen molar-refractivity contribution in [2.24, 2.45) is 0 Å².